The molecular weight excluding hydrogens is 506 g/mol. The first-order valence-corrected chi connectivity index (χ1v) is 14.0. The van der Waals surface area contributed by atoms with Crippen molar-refractivity contribution in [2.75, 3.05) is 0 Å². The van der Waals surface area contributed by atoms with Crippen molar-refractivity contribution in [3.63, 3.8) is 0 Å². The van der Waals surface area contributed by atoms with Crippen LogP contribution >= 0.6 is 11.3 Å². The Bertz CT molecular complexity index is 2160. The van der Waals surface area contributed by atoms with Gasteiger partial charge in [-0.2, -0.15) is 5.26 Å². The van der Waals surface area contributed by atoms with Crippen LogP contribution in [0, 0.1) is 11.3 Å². The molecular formula is C37H21NOS. The third-order valence-electron chi connectivity index (χ3n) is 7.68. The highest BCUT2D eigenvalue weighted by Crippen LogP contribution is 2.39. The molecule has 0 aliphatic carbocycles. The number of nitrogens with zero attached hydrogens (tertiary/aromatic N) is 1. The third kappa shape index (κ3) is 3.70. The summed E-state index contributed by atoms with van der Waals surface area (Å²) < 4.78 is 8.80. The molecule has 2 aromatic heterocycles. The van der Waals surface area contributed by atoms with E-state index in [1.165, 1.54) is 25.7 Å². The summed E-state index contributed by atoms with van der Waals surface area (Å²) in [5.41, 5.74) is 9.03. The summed E-state index contributed by atoms with van der Waals surface area (Å²) in [5, 5.41) is 14.4. The second-order valence-corrected chi connectivity index (χ2v) is 11.2. The van der Waals surface area contributed by atoms with Crippen LogP contribution in [0.1, 0.15) is 5.56 Å². The summed E-state index contributed by atoms with van der Waals surface area (Å²) in [6.45, 7) is 0. The Hall–Kier alpha value is -5.17. The van der Waals surface area contributed by atoms with Crippen molar-refractivity contribution in [1.82, 2.24) is 0 Å². The molecule has 186 valence electrons. The van der Waals surface area contributed by atoms with Gasteiger partial charge in [-0.3, -0.25) is 0 Å². The lowest BCUT2D eigenvalue weighted by Gasteiger charge is -2.12. The topological polar surface area (TPSA) is 36.9 Å². The molecule has 0 saturated carbocycles. The van der Waals surface area contributed by atoms with Crippen LogP contribution in [-0.4, -0.2) is 0 Å². The first-order chi connectivity index (χ1) is 19.7. The SMILES string of the molecule is N#Cc1cccc(-c2cc(-c3ccc4c(c3)oc3ccccc34)cc(-c3ccc4c(c3)sc3ccccc34)c2)c1. The van der Waals surface area contributed by atoms with Crippen LogP contribution in [0.15, 0.2) is 132 Å². The number of fused-ring (bicyclic) bond motifs is 6. The fourth-order valence-electron chi connectivity index (χ4n) is 5.71. The Labute approximate surface area is 235 Å². The molecule has 0 spiro atoms. The van der Waals surface area contributed by atoms with Crippen molar-refractivity contribution in [1.29, 1.82) is 5.26 Å². The monoisotopic (exact) mass is 527 g/mol. The van der Waals surface area contributed by atoms with Gasteiger partial charge in [-0.05, 0) is 94.0 Å². The van der Waals surface area contributed by atoms with E-state index < -0.39 is 0 Å². The summed E-state index contributed by atoms with van der Waals surface area (Å²) in [7, 11) is 0. The maximum Gasteiger partial charge on any atom is 0.136 e. The van der Waals surface area contributed by atoms with Gasteiger partial charge in [-0.25, -0.2) is 0 Å². The molecule has 0 aliphatic rings. The molecule has 8 aromatic rings. The standard InChI is InChI=1S/C37H21NOS/c38-22-23-6-5-7-24(16-23)27-17-28(25-12-14-31-30-8-1-3-10-34(30)39-35(31)20-25)19-29(18-27)26-13-15-33-32-9-2-4-11-36(32)40-37(33)21-26/h1-21H. The number of para-hydroxylation sites is 1. The summed E-state index contributed by atoms with van der Waals surface area (Å²) in [5.74, 6) is 0. The molecule has 40 heavy (non-hydrogen) atoms. The first kappa shape index (κ1) is 22.8. The van der Waals surface area contributed by atoms with Gasteiger partial charge in [0.15, 0.2) is 0 Å². The van der Waals surface area contributed by atoms with Crippen LogP contribution in [0.5, 0.6) is 0 Å². The van der Waals surface area contributed by atoms with E-state index >= 15 is 0 Å². The molecule has 8 rings (SSSR count). The molecule has 0 N–H and O–H groups in total. The largest absolute Gasteiger partial charge is 0.456 e. The average Bonchev–Trinajstić information content (AvgIpc) is 3.58. The van der Waals surface area contributed by atoms with Crippen molar-refractivity contribution in [2.45, 2.75) is 0 Å². The smallest absolute Gasteiger partial charge is 0.136 e. The van der Waals surface area contributed by atoms with Crippen LogP contribution in [-0.2, 0) is 0 Å². The van der Waals surface area contributed by atoms with Crippen LogP contribution in [0.4, 0.5) is 0 Å². The zero-order valence-electron chi connectivity index (χ0n) is 21.4. The maximum absolute atomic E-state index is 9.54. The zero-order chi connectivity index (χ0) is 26.6. The molecule has 0 bridgehead atoms. The van der Waals surface area contributed by atoms with Crippen molar-refractivity contribution in [2.24, 2.45) is 0 Å². The highest BCUT2D eigenvalue weighted by Gasteiger charge is 2.13. The van der Waals surface area contributed by atoms with Crippen molar-refractivity contribution in [3.05, 3.63) is 133 Å². The number of furan rings is 1. The average molecular weight is 528 g/mol. The Kier molecular flexibility index (Phi) is 5.10. The number of rotatable bonds is 3. The van der Waals surface area contributed by atoms with Gasteiger partial charge in [0.25, 0.3) is 0 Å². The van der Waals surface area contributed by atoms with Crippen LogP contribution in [0.25, 0.3) is 75.5 Å². The molecule has 0 amide bonds. The predicted molar refractivity (Wildman–Crippen MR) is 168 cm³/mol. The molecule has 0 radical (unpaired) electrons. The minimum Gasteiger partial charge on any atom is -0.456 e. The number of benzene rings is 6. The molecule has 3 heteroatoms. The molecule has 0 saturated heterocycles. The van der Waals surface area contributed by atoms with Crippen LogP contribution in [0.3, 0.4) is 0 Å². The molecule has 6 aromatic carbocycles. The zero-order valence-corrected chi connectivity index (χ0v) is 22.2. The van der Waals surface area contributed by atoms with Crippen molar-refractivity contribution in [3.8, 4) is 39.4 Å². The lowest BCUT2D eigenvalue weighted by molar-refractivity contribution is 0.669. The van der Waals surface area contributed by atoms with E-state index in [0.717, 1.165) is 49.8 Å². The second-order valence-electron chi connectivity index (χ2n) is 10.1. The van der Waals surface area contributed by atoms with E-state index in [1.54, 1.807) is 0 Å². The summed E-state index contributed by atoms with van der Waals surface area (Å²) >= 11 is 1.83. The quantitative estimate of drug-likeness (QED) is 0.229. The van der Waals surface area contributed by atoms with Gasteiger partial charge < -0.3 is 4.42 Å². The molecule has 0 fully saturated rings. The minimum absolute atomic E-state index is 0.653. The van der Waals surface area contributed by atoms with Gasteiger partial charge in [0.05, 0.1) is 11.6 Å². The van der Waals surface area contributed by atoms with Crippen molar-refractivity contribution < 1.29 is 4.42 Å². The van der Waals surface area contributed by atoms with E-state index in [2.05, 4.69) is 97.1 Å². The van der Waals surface area contributed by atoms with Gasteiger partial charge in [-0.1, -0.05) is 66.7 Å². The van der Waals surface area contributed by atoms with E-state index in [4.69, 9.17) is 4.42 Å². The van der Waals surface area contributed by atoms with Gasteiger partial charge in [0.2, 0.25) is 0 Å². The summed E-state index contributed by atoms with van der Waals surface area (Å²) in [6, 6.07) is 46.8. The fraction of sp³-hybridized carbons (Fsp3) is 0. The van der Waals surface area contributed by atoms with Gasteiger partial charge in [0, 0.05) is 30.9 Å². The lowest BCUT2D eigenvalue weighted by atomic mass is 9.92. The van der Waals surface area contributed by atoms with Gasteiger partial charge in [0.1, 0.15) is 11.2 Å². The third-order valence-corrected chi connectivity index (χ3v) is 8.82. The van der Waals surface area contributed by atoms with E-state index in [1.807, 2.05) is 47.7 Å². The first-order valence-electron chi connectivity index (χ1n) is 13.2. The van der Waals surface area contributed by atoms with E-state index in [0.29, 0.717) is 5.56 Å². The van der Waals surface area contributed by atoms with E-state index in [-0.39, 0.29) is 0 Å². The molecule has 2 nitrogen and oxygen atoms in total. The van der Waals surface area contributed by atoms with Gasteiger partial charge in [-0.15, -0.1) is 11.3 Å². The Balaban J connectivity index is 1.33. The van der Waals surface area contributed by atoms with Gasteiger partial charge >= 0.3 is 0 Å². The summed E-state index contributed by atoms with van der Waals surface area (Å²) in [4.78, 5) is 0. The number of hydrogen-bond donors (Lipinski definition) is 0. The number of thiophene rings is 1. The molecule has 2 heterocycles. The predicted octanol–water partition coefficient (Wildman–Crippen LogP) is 10.8. The van der Waals surface area contributed by atoms with Crippen molar-refractivity contribution >= 4 is 53.4 Å². The summed E-state index contributed by atoms with van der Waals surface area (Å²) in [6.07, 6.45) is 0. The number of hydrogen-bond acceptors (Lipinski definition) is 3. The molecule has 0 atom stereocenters. The Morgan fingerprint density at radius 3 is 1.88 bits per heavy atom. The molecule has 0 aliphatic heterocycles. The minimum atomic E-state index is 0.653. The lowest BCUT2D eigenvalue weighted by Crippen LogP contribution is -1.87. The highest BCUT2D eigenvalue weighted by molar-refractivity contribution is 7.25. The maximum atomic E-state index is 9.54. The molecule has 0 unspecified atom stereocenters. The second kappa shape index (κ2) is 8.95. The van der Waals surface area contributed by atoms with Crippen LogP contribution < -0.4 is 0 Å². The fourth-order valence-corrected chi connectivity index (χ4v) is 6.85. The number of nitriles is 1. The Morgan fingerprint density at radius 2 is 1.07 bits per heavy atom. The Morgan fingerprint density at radius 1 is 0.450 bits per heavy atom. The van der Waals surface area contributed by atoms with E-state index in [9.17, 15) is 5.26 Å². The van der Waals surface area contributed by atoms with Crippen LogP contribution in [0.2, 0.25) is 0 Å². The normalized spacial score (nSPS) is 11.5. The highest BCUT2D eigenvalue weighted by atomic mass is 32.1.